The van der Waals surface area contributed by atoms with Gasteiger partial charge in [0.05, 0.1) is 11.4 Å². The highest BCUT2D eigenvalue weighted by molar-refractivity contribution is 5.81. The molecule has 5 nitrogen and oxygen atoms in total. The molecule has 0 unspecified atom stereocenters. The molecule has 5 heteroatoms. The topological polar surface area (TPSA) is 67.8 Å². The number of pyridine rings is 1. The number of hydrogen-bond acceptors (Lipinski definition) is 4. The van der Waals surface area contributed by atoms with Crippen LogP contribution >= 0.6 is 0 Å². The van der Waals surface area contributed by atoms with Gasteiger partial charge in [-0.15, -0.1) is 0 Å². The summed E-state index contributed by atoms with van der Waals surface area (Å²) >= 11 is 0. The van der Waals surface area contributed by atoms with Crippen LogP contribution in [0.1, 0.15) is 50.6 Å². The molecule has 1 N–H and O–H groups in total. The summed E-state index contributed by atoms with van der Waals surface area (Å²) in [6, 6.07) is 5.94. The van der Waals surface area contributed by atoms with E-state index >= 15 is 0 Å². The number of hydrogen-bond donors (Lipinski definition) is 1. The molecule has 0 aromatic carbocycles. The van der Waals surface area contributed by atoms with Crippen LogP contribution in [0.15, 0.2) is 36.9 Å². The van der Waals surface area contributed by atoms with Crippen LogP contribution in [0.25, 0.3) is 11.3 Å². The Balaban J connectivity index is 1.36. The molecule has 1 amide bonds. The zero-order valence-corrected chi connectivity index (χ0v) is 15.3. The van der Waals surface area contributed by atoms with Crippen molar-refractivity contribution in [2.24, 2.45) is 17.8 Å². The lowest BCUT2D eigenvalue weighted by molar-refractivity contribution is -0.122. The summed E-state index contributed by atoms with van der Waals surface area (Å²) in [5.41, 5.74) is 3.11. The molecule has 0 radical (unpaired) electrons. The SMILES string of the molecule is C[C@@H]1C[C@H]1C(=O)NCC1CCC(c2ncncc2-c2ccccn2)CC1. The van der Waals surface area contributed by atoms with E-state index in [1.807, 2.05) is 30.6 Å². The zero-order valence-electron chi connectivity index (χ0n) is 15.3. The van der Waals surface area contributed by atoms with Gasteiger partial charge in [0, 0.05) is 36.3 Å². The molecule has 2 heterocycles. The molecule has 0 saturated heterocycles. The largest absolute Gasteiger partial charge is 0.356 e. The van der Waals surface area contributed by atoms with Crippen molar-refractivity contribution in [1.82, 2.24) is 20.3 Å². The predicted molar refractivity (Wildman–Crippen MR) is 100 cm³/mol. The molecule has 0 bridgehead atoms. The lowest BCUT2D eigenvalue weighted by Crippen LogP contribution is -2.32. The van der Waals surface area contributed by atoms with E-state index in [-0.39, 0.29) is 11.8 Å². The fraction of sp³-hybridized carbons (Fsp3) is 0.524. The molecule has 26 heavy (non-hydrogen) atoms. The van der Waals surface area contributed by atoms with Gasteiger partial charge in [-0.1, -0.05) is 13.0 Å². The smallest absolute Gasteiger partial charge is 0.223 e. The summed E-state index contributed by atoms with van der Waals surface area (Å²) in [4.78, 5) is 25.3. The average Bonchev–Trinajstić information content (AvgIpc) is 3.44. The van der Waals surface area contributed by atoms with Gasteiger partial charge in [0.15, 0.2) is 0 Å². The molecule has 2 fully saturated rings. The third kappa shape index (κ3) is 3.76. The van der Waals surface area contributed by atoms with Crippen LogP contribution in [-0.4, -0.2) is 27.4 Å². The Morgan fingerprint density at radius 1 is 1.19 bits per heavy atom. The van der Waals surface area contributed by atoms with E-state index in [1.165, 1.54) is 0 Å². The third-order valence-corrected chi connectivity index (χ3v) is 5.93. The maximum atomic E-state index is 12.0. The molecule has 2 aromatic heterocycles. The second-order valence-electron chi connectivity index (χ2n) is 7.82. The Hall–Kier alpha value is -2.30. The van der Waals surface area contributed by atoms with Crippen molar-refractivity contribution in [3.8, 4) is 11.3 Å². The lowest BCUT2D eigenvalue weighted by Gasteiger charge is -2.29. The van der Waals surface area contributed by atoms with E-state index in [2.05, 4.69) is 27.2 Å². The van der Waals surface area contributed by atoms with Gasteiger partial charge in [-0.3, -0.25) is 9.78 Å². The first-order valence-corrected chi connectivity index (χ1v) is 9.71. The number of nitrogens with zero attached hydrogens (tertiary/aromatic N) is 3. The quantitative estimate of drug-likeness (QED) is 0.895. The second kappa shape index (κ2) is 7.52. The van der Waals surface area contributed by atoms with Crippen molar-refractivity contribution in [2.75, 3.05) is 6.54 Å². The molecule has 2 aliphatic carbocycles. The number of rotatable bonds is 5. The van der Waals surface area contributed by atoms with Gasteiger partial charge in [0.2, 0.25) is 5.91 Å². The van der Waals surface area contributed by atoms with Crippen LogP contribution in [0.4, 0.5) is 0 Å². The van der Waals surface area contributed by atoms with Crippen molar-refractivity contribution < 1.29 is 4.79 Å². The Bertz CT molecular complexity index is 756. The minimum Gasteiger partial charge on any atom is -0.356 e. The lowest BCUT2D eigenvalue weighted by atomic mass is 9.79. The molecule has 2 saturated carbocycles. The van der Waals surface area contributed by atoms with Crippen LogP contribution in [0.5, 0.6) is 0 Å². The zero-order chi connectivity index (χ0) is 17.9. The van der Waals surface area contributed by atoms with Gasteiger partial charge in [0.25, 0.3) is 0 Å². The summed E-state index contributed by atoms with van der Waals surface area (Å²) < 4.78 is 0. The Labute approximate surface area is 154 Å². The van der Waals surface area contributed by atoms with E-state index in [4.69, 9.17) is 0 Å². The molecular formula is C21H26N4O. The van der Waals surface area contributed by atoms with Crippen LogP contribution < -0.4 is 5.32 Å². The van der Waals surface area contributed by atoms with Gasteiger partial charge >= 0.3 is 0 Å². The van der Waals surface area contributed by atoms with Crippen molar-refractivity contribution in [3.05, 3.63) is 42.6 Å². The standard InChI is InChI=1S/C21H26N4O/c1-14-10-17(14)21(26)24-11-15-5-7-16(8-6-15)20-18(12-22-13-25-20)19-4-2-3-9-23-19/h2-4,9,12-17H,5-8,10-11H2,1H3,(H,24,26)/t14-,15?,16?,17-/m1/s1. The monoisotopic (exact) mass is 350 g/mol. The fourth-order valence-electron chi connectivity index (χ4n) is 4.09. The molecule has 2 aliphatic rings. The van der Waals surface area contributed by atoms with Gasteiger partial charge < -0.3 is 5.32 Å². The van der Waals surface area contributed by atoms with Gasteiger partial charge in [-0.2, -0.15) is 0 Å². The maximum absolute atomic E-state index is 12.0. The summed E-state index contributed by atoms with van der Waals surface area (Å²) in [5, 5.41) is 3.16. The number of aromatic nitrogens is 3. The molecule has 4 rings (SSSR count). The van der Waals surface area contributed by atoms with Gasteiger partial charge in [0.1, 0.15) is 6.33 Å². The minimum absolute atomic E-state index is 0.257. The minimum atomic E-state index is 0.257. The highest BCUT2D eigenvalue weighted by atomic mass is 16.2. The van der Waals surface area contributed by atoms with Crippen LogP contribution in [0, 0.1) is 17.8 Å². The molecule has 2 aromatic rings. The Morgan fingerprint density at radius 3 is 2.69 bits per heavy atom. The van der Waals surface area contributed by atoms with E-state index in [0.717, 1.165) is 55.6 Å². The van der Waals surface area contributed by atoms with Crippen molar-refractivity contribution in [1.29, 1.82) is 0 Å². The van der Waals surface area contributed by atoms with Crippen molar-refractivity contribution in [3.63, 3.8) is 0 Å². The third-order valence-electron chi connectivity index (χ3n) is 5.93. The number of carbonyl (C=O) groups is 1. The van der Waals surface area contributed by atoms with Crippen LogP contribution in [-0.2, 0) is 4.79 Å². The first-order valence-electron chi connectivity index (χ1n) is 9.71. The average molecular weight is 350 g/mol. The fourth-order valence-corrected chi connectivity index (χ4v) is 4.09. The predicted octanol–water partition coefficient (Wildman–Crippen LogP) is 3.58. The summed E-state index contributed by atoms with van der Waals surface area (Å²) in [7, 11) is 0. The first kappa shape index (κ1) is 17.1. The highest BCUT2D eigenvalue weighted by Gasteiger charge is 2.39. The maximum Gasteiger partial charge on any atom is 0.223 e. The molecule has 136 valence electrons. The van der Waals surface area contributed by atoms with Crippen molar-refractivity contribution in [2.45, 2.75) is 44.9 Å². The van der Waals surface area contributed by atoms with E-state index < -0.39 is 0 Å². The molecule has 0 aliphatic heterocycles. The molecule has 0 spiro atoms. The van der Waals surface area contributed by atoms with E-state index in [9.17, 15) is 4.79 Å². The van der Waals surface area contributed by atoms with Gasteiger partial charge in [-0.05, 0) is 56.1 Å². The molecule has 2 atom stereocenters. The number of nitrogens with one attached hydrogen (secondary N) is 1. The first-order chi connectivity index (χ1) is 12.7. The molecular weight excluding hydrogens is 324 g/mol. The summed E-state index contributed by atoms with van der Waals surface area (Å²) in [5.74, 6) is 2.14. The summed E-state index contributed by atoms with van der Waals surface area (Å²) in [6.07, 6.45) is 10.9. The van der Waals surface area contributed by atoms with E-state index in [1.54, 1.807) is 6.33 Å². The normalized spacial score (nSPS) is 27.7. The van der Waals surface area contributed by atoms with Crippen LogP contribution in [0.2, 0.25) is 0 Å². The second-order valence-corrected chi connectivity index (χ2v) is 7.82. The Kier molecular flexibility index (Phi) is 4.96. The summed E-state index contributed by atoms with van der Waals surface area (Å²) in [6.45, 7) is 2.97. The van der Waals surface area contributed by atoms with Crippen molar-refractivity contribution >= 4 is 5.91 Å². The van der Waals surface area contributed by atoms with Gasteiger partial charge in [-0.25, -0.2) is 9.97 Å². The number of carbonyl (C=O) groups excluding carboxylic acids is 1. The van der Waals surface area contributed by atoms with E-state index in [0.29, 0.717) is 17.8 Å². The van der Waals surface area contributed by atoms with Crippen LogP contribution in [0.3, 0.4) is 0 Å². The highest BCUT2D eigenvalue weighted by Crippen LogP contribution is 2.39. The Morgan fingerprint density at radius 2 is 2.00 bits per heavy atom. The number of amides is 1.